The molecule has 6 aromatic heterocycles. The molecular weight excluding hydrogens is 869 g/mol. The molecule has 3 aliphatic rings. The number of carboxylic acids is 1. The van der Waals surface area contributed by atoms with Gasteiger partial charge in [0.15, 0.2) is 0 Å². The monoisotopic (exact) mass is 908 g/mol. The van der Waals surface area contributed by atoms with Gasteiger partial charge in [-0.25, -0.2) is 19.9 Å². The van der Waals surface area contributed by atoms with Gasteiger partial charge in [0.25, 0.3) is 0 Å². The number of methoxy groups -OCH3 is 2. The van der Waals surface area contributed by atoms with E-state index in [4.69, 9.17) is 9.47 Å². The maximum absolute atomic E-state index is 13.2. The zero-order valence-electron chi connectivity index (χ0n) is 33.9. The number of aliphatic carboxylic acids is 1. The summed E-state index contributed by atoms with van der Waals surface area (Å²) in [5.41, 5.74) is 5.61. The Morgan fingerprint density at radius 3 is 1.71 bits per heavy atom. The van der Waals surface area contributed by atoms with Crippen LogP contribution in [0.2, 0.25) is 0 Å². The highest BCUT2D eigenvalue weighted by atomic mass is 32.1. The van der Waals surface area contributed by atoms with Crippen molar-refractivity contribution in [1.82, 2.24) is 48.9 Å². The van der Waals surface area contributed by atoms with Crippen molar-refractivity contribution in [3.8, 4) is 11.5 Å². The number of hydrogen-bond acceptors (Lipinski definition) is 19. The van der Waals surface area contributed by atoms with Crippen molar-refractivity contribution in [2.45, 2.75) is 38.5 Å². The molecule has 2 aromatic carbocycles. The first-order valence-corrected chi connectivity index (χ1v) is 23.3. The molecule has 21 heteroatoms. The number of anilines is 4. The number of aromatic nitrogens is 8. The Morgan fingerprint density at radius 1 is 0.710 bits per heavy atom. The Hall–Kier alpha value is -5.74. The van der Waals surface area contributed by atoms with Gasteiger partial charge in [0.05, 0.1) is 51.7 Å². The number of fused-ring (bicyclic) bond motifs is 8. The van der Waals surface area contributed by atoms with Crippen molar-refractivity contribution in [1.29, 1.82) is 0 Å². The smallest absolute Gasteiger partial charge is 0.306 e. The Kier molecular flexibility index (Phi) is 11.0. The molecule has 62 heavy (non-hydrogen) atoms. The number of carbonyl (C=O) groups is 2. The highest BCUT2D eigenvalue weighted by Crippen LogP contribution is 2.44. The van der Waals surface area contributed by atoms with Crippen LogP contribution in [0.3, 0.4) is 0 Å². The molecule has 1 aliphatic heterocycles. The molecule has 0 spiro atoms. The van der Waals surface area contributed by atoms with E-state index in [9.17, 15) is 14.7 Å². The Bertz CT molecular complexity index is 3000. The van der Waals surface area contributed by atoms with Crippen molar-refractivity contribution < 1.29 is 24.2 Å². The zero-order valence-corrected chi connectivity index (χ0v) is 37.1. The predicted octanol–water partition coefficient (Wildman–Crippen LogP) is 6.96. The summed E-state index contributed by atoms with van der Waals surface area (Å²) in [5, 5.41) is 26.5. The van der Waals surface area contributed by atoms with Crippen LogP contribution in [-0.2, 0) is 35.3 Å². The fourth-order valence-corrected chi connectivity index (χ4v) is 12.2. The van der Waals surface area contributed by atoms with E-state index in [1.54, 1.807) is 43.2 Å². The molecule has 2 atom stereocenters. The van der Waals surface area contributed by atoms with Crippen LogP contribution < -0.4 is 20.1 Å². The van der Waals surface area contributed by atoms with E-state index < -0.39 is 5.97 Å². The third-order valence-corrected chi connectivity index (χ3v) is 15.5. The van der Waals surface area contributed by atoms with Gasteiger partial charge in [0, 0.05) is 54.0 Å². The molecule has 17 nitrogen and oxygen atoms in total. The highest BCUT2D eigenvalue weighted by molar-refractivity contribution is 7.19. The molecule has 11 rings (SSSR count). The third-order valence-electron chi connectivity index (χ3n) is 11.8. The van der Waals surface area contributed by atoms with Gasteiger partial charge in [-0.15, -0.1) is 32.9 Å². The quantitative estimate of drug-likeness (QED) is 0.141. The normalized spacial score (nSPS) is 17.7. The number of carbonyl (C=O) groups excluding carboxylic acids is 1. The first-order valence-electron chi connectivity index (χ1n) is 20.1. The van der Waals surface area contributed by atoms with Gasteiger partial charge < -0.3 is 35.0 Å². The lowest BCUT2D eigenvalue weighted by Gasteiger charge is -2.35. The van der Waals surface area contributed by atoms with Crippen LogP contribution in [0.25, 0.3) is 40.9 Å². The number of likely N-dealkylation sites (N-methyl/N-ethyl adjacent to an activating group) is 1. The molecule has 0 radical (unpaired) electrons. The van der Waals surface area contributed by atoms with Crippen LogP contribution in [-0.4, -0.2) is 113 Å². The fraction of sp³-hybridized carbons (Fsp3) is 0.366. The first-order chi connectivity index (χ1) is 30.2. The molecule has 318 valence electrons. The van der Waals surface area contributed by atoms with Crippen molar-refractivity contribution >= 4 is 121 Å². The molecule has 1 saturated heterocycles. The Morgan fingerprint density at radius 2 is 1.21 bits per heavy atom. The number of piperazine rings is 1. The summed E-state index contributed by atoms with van der Waals surface area (Å²) in [4.78, 5) is 51.1. The van der Waals surface area contributed by atoms with Crippen LogP contribution in [0.4, 0.5) is 23.0 Å². The van der Waals surface area contributed by atoms with Crippen LogP contribution in [0.1, 0.15) is 33.7 Å². The van der Waals surface area contributed by atoms with Crippen LogP contribution in [0.5, 0.6) is 11.5 Å². The number of carboxylic acid groups (broad SMARTS) is 1. The number of benzene rings is 2. The van der Waals surface area contributed by atoms with E-state index in [0.717, 1.165) is 114 Å². The van der Waals surface area contributed by atoms with Gasteiger partial charge in [-0.05, 0) is 91.9 Å². The molecule has 3 N–H and O–H groups in total. The minimum absolute atomic E-state index is 0.0506. The summed E-state index contributed by atoms with van der Waals surface area (Å²) < 4.78 is 21.0. The summed E-state index contributed by atoms with van der Waals surface area (Å²) in [7, 11) is 5.37. The standard InChI is InChI=1S/C23H25N7O2S2.C18H15N5O3S2/c1-29-5-7-30(8-6-29)23(31)13-3-4-14-18(9-13)33-22-20(14)21(24-12-25-22)26-15-11-19-16(27-28-34-19)10-17(15)32-2;1-26-12-5-11-14(28-23-22-11)6-10(12)21-16-15-9-3-2-8(18(24)25)4-13(9)27-17(15)20-7-19-16/h10-13H,3-9H2,1-2H3,(H,24,25,26);5-8H,2-4H2,1H3,(H,24,25)(H,19,20,21)/t13-;8-/m00/s1. The van der Waals surface area contributed by atoms with Crippen LogP contribution in [0, 0.1) is 11.8 Å². The van der Waals surface area contributed by atoms with E-state index in [1.165, 1.54) is 39.8 Å². The maximum atomic E-state index is 13.2. The molecule has 1 fully saturated rings. The molecule has 0 bridgehead atoms. The zero-order chi connectivity index (χ0) is 42.5. The lowest BCUT2D eigenvalue weighted by atomic mass is 9.86. The van der Waals surface area contributed by atoms with Crippen LogP contribution >= 0.6 is 45.7 Å². The number of thiophene rings is 2. The van der Waals surface area contributed by atoms with Gasteiger partial charge in [-0.1, -0.05) is 8.98 Å². The lowest BCUT2D eigenvalue weighted by molar-refractivity contribution is -0.142. The van der Waals surface area contributed by atoms with Crippen molar-refractivity contribution in [2.24, 2.45) is 11.8 Å². The molecule has 1 amide bonds. The van der Waals surface area contributed by atoms with E-state index in [2.05, 4.69) is 61.7 Å². The molecular formula is C41H40N12O5S4. The molecule has 8 aromatic rings. The summed E-state index contributed by atoms with van der Waals surface area (Å²) in [6, 6.07) is 7.68. The van der Waals surface area contributed by atoms with E-state index in [1.807, 2.05) is 29.2 Å². The number of ether oxygens (including phenoxy) is 2. The van der Waals surface area contributed by atoms with Gasteiger partial charge in [-0.3, -0.25) is 9.59 Å². The summed E-state index contributed by atoms with van der Waals surface area (Å²) in [6.45, 7) is 3.55. The number of nitrogens with zero attached hydrogens (tertiary/aromatic N) is 10. The largest absolute Gasteiger partial charge is 0.494 e. The minimum atomic E-state index is -0.733. The summed E-state index contributed by atoms with van der Waals surface area (Å²) in [6.07, 6.45) is 7.51. The predicted molar refractivity (Wildman–Crippen MR) is 242 cm³/mol. The summed E-state index contributed by atoms with van der Waals surface area (Å²) in [5.74, 6) is 2.10. The second-order valence-electron chi connectivity index (χ2n) is 15.5. The third kappa shape index (κ3) is 7.61. The van der Waals surface area contributed by atoms with Gasteiger partial charge in [0.2, 0.25) is 5.91 Å². The molecule has 0 unspecified atom stereocenters. The second kappa shape index (κ2) is 16.9. The summed E-state index contributed by atoms with van der Waals surface area (Å²) >= 11 is 5.91. The van der Waals surface area contributed by atoms with E-state index in [0.29, 0.717) is 42.5 Å². The minimum Gasteiger partial charge on any atom is -0.494 e. The topological polar surface area (TPSA) is 206 Å². The average Bonchev–Trinajstić information content (AvgIpc) is 4.10. The average molecular weight is 909 g/mol. The lowest BCUT2D eigenvalue weighted by Crippen LogP contribution is -2.49. The molecule has 0 saturated carbocycles. The SMILES string of the molecule is COc1cc2nnsc2cc1Nc1ncnc2sc3c(c12)CC[C@H](C(=O)N1CCN(C)CC1)C3.COc1cc2nnsc2cc1Nc1ncnc2sc3c(c12)CC[C@H](C(=O)O)C3. The number of nitrogens with one attached hydrogen (secondary N) is 2. The van der Waals surface area contributed by atoms with Crippen molar-refractivity contribution in [3.05, 3.63) is 57.8 Å². The number of rotatable bonds is 8. The van der Waals surface area contributed by atoms with E-state index >= 15 is 0 Å². The van der Waals surface area contributed by atoms with Crippen molar-refractivity contribution in [2.75, 3.05) is 58.1 Å². The van der Waals surface area contributed by atoms with Gasteiger partial charge in [-0.2, -0.15) is 0 Å². The highest BCUT2D eigenvalue weighted by Gasteiger charge is 2.33. The maximum Gasteiger partial charge on any atom is 0.306 e. The van der Waals surface area contributed by atoms with Crippen molar-refractivity contribution in [3.63, 3.8) is 0 Å². The first kappa shape index (κ1) is 40.3. The number of aryl methyl sites for hydroxylation is 2. The van der Waals surface area contributed by atoms with E-state index in [-0.39, 0.29) is 11.8 Å². The number of hydrogen-bond donors (Lipinski definition) is 3. The van der Waals surface area contributed by atoms with Crippen LogP contribution in [0.15, 0.2) is 36.9 Å². The fourth-order valence-electron chi connectivity index (χ4n) is 8.52. The number of amides is 1. The van der Waals surface area contributed by atoms with Gasteiger partial charge in [0.1, 0.15) is 56.5 Å². The Balaban J connectivity index is 0.000000151. The second-order valence-corrected chi connectivity index (χ2v) is 19.2. The molecule has 7 heterocycles. The Labute approximate surface area is 370 Å². The molecule has 2 aliphatic carbocycles. The van der Waals surface area contributed by atoms with Gasteiger partial charge >= 0.3 is 5.97 Å².